The Bertz CT molecular complexity index is 603. The van der Waals surface area contributed by atoms with Crippen LogP contribution in [0.4, 0.5) is 10.2 Å². The normalized spacial score (nSPS) is 10.7. The Morgan fingerprint density at radius 2 is 1.85 bits per heavy atom. The Hall–Kier alpha value is -1.97. The Balaban J connectivity index is 2.52. The van der Waals surface area contributed by atoms with Gasteiger partial charge in [-0.05, 0) is 51.0 Å². The summed E-state index contributed by atoms with van der Waals surface area (Å²) >= 11 is 0. The number of nitrogens with one attached hydrogen (secondary N) is 1. The molecule has 0 amide bonds. The maximum atomic E-state index is 13.6. The molecule has 1 N–H and O–H groups in total. The van der Waals surface area contributed by atoms with E-state index in [1.807, 2.05) is 26.8 Å². The standard InChI is InChI=1S/C16H20FN3/c1-5-6-18-16-11(3)15(19-12(4)20-16)13-7-10(2)8-14(17)9-13/h7-9H,5-6H2,1-4H3,(H,18,19,20). The SMILES string of the molecule is CCCNc1nc(C)nc(-c2cc(C)cc(F)c2)c1C. The molecule has 0 aliphatic rings. The zero-order valence-corrected chi connectivity index (χ0v) is 12.4. The van der Waals surface area contributed by atoms with Gasteiger partial charge < -0.3 is 5.32 Å². The van der Waals surface area contributed by atoms with Crippen LogP contribution in [0.3, 0.4) is 0 Å². The molecule has 1 aromatic heterocycles. The minimum absolute atomic E-state index is 0.237. The zero-order valence-electron chi connectivity index (χ0n) is 12.4. The van der Waals surface area contributed by atoms with E-state index in [1.165, 1.54) is 12.1 Å². The lowest BCUT2D eigenvalue weighted by molar-refractivity contribution is 0.627. The van der Waals surface area contributed by atoms with E-state index in [0.29, 0.717) is 5.82 Å². The third-order valence-electron chi connectivity index (χ3n) is 3.12. The number of aromatic nitrogens is 2. The molecule has 0 saturated heterocycles. The molecule has 0 unspecified atom stereocenters. The topological polar surface area (TPSA) is 37.8 Å². The lowest BCUT2D eigenvalue weighted by atomic mass is 10.0. The van der Waals surface area contributed by atoms with Crippen LogP contribution in [0.1, 0.15) is 30.3 Å². The van der Waals surface area contributed by atoms with Gasteiger partial charge >= 0.3 is 0 Å². The monoisotopic (exact) mass is 273 g/mol. The van der Waals surface area contributed by atoms with E-state index in [1.54, 1.807) is 0 Å². The molecule has 4 heteroatoms. The molecule has 0 saturated carbocycles. The van der Waals surface area contributed by atoms with E-state index in [4.69, 9.17) is 0 Å². The van der Waals surface area contributed by atoms with Crippen molar-refractivity contribution in [1.82, 2.24) is 9.97 Å². The molecule has 2 aromatic rings. The molecular weight excluding hydrogens is 253 g/mol. The van der Waals surface area contributed by atoms with E-state index in [2.05, 4.69) is 22.2 Å². The van der Waals surface area contributed by atoms with Gasteiger partial charge in [-0.3, -0.25) is 0 Å². The quantitative estimate of drug-likeness (QED) is 0.914. The van der Waals surface area contributed by atoms with E-state index < -0.39 is 0 Å². The van der Waals surface area contributed by atoms with Crippen molar-refractivity contribution in [3.05, 3.63) is 41.0 Å². The van der Waals surface area contributed by atoms with Gasteiger partial charge in [0.25, 0.3) is 0 Å². The second kappa shape index (κ2) is 5.99. The molecule has 1 aromatic carbocycles. The van der Waals surface area contributed by atoms with E-state index in [-0.39, 0.29) is 5.82 Å². The summed E-state index contributed by atoms with van der Waals surface area (Å²) in [5, 5.41) is 3.30. The third-order valence-corrected chi connectivity index (χ3v) is 3.12. The largest absolute Gasteiger partial charge is 0.370 e. The molecule has 0 aliphatic heterocycles. The minimum Gasteiger partial charge on any atom is -0.370 e. The van der Waals surface area contributed by atoms with Gasteiger partial charge in [-0.1, -0.05) is 6.92 Å². The van der Waals surface area contributed by atoms with Gasteiger partial charge in [0, 0.05) is 17.7 Å². The minimum atomic E-state index is -0.237. The maximum Gasteiger partial charge on any atom is 0.133 e. The smallest absolute Gasteiger partial charge is 0.133 e. The Kier molecular flexibility index (Phi) is 4.32. The lowest BCUT2D eigenvalue weighted by Gasteiger charge is -2.13. The number of nitrogens with zero attached hydrogens (tertiary/aromatic N) is 2. The van der Waals surface area contributed by atoms with E-state index in [9.17, 15) is 4.39 Å². The Morgan fingerprint density at radius 1 is 1.10 bits per heavy atom. The molecule has 20 heavy (non-hydrogen) atoms. The van der Waals surface area contributed by atoms with Gasteiger partial charge in [0.2, 0.25) is 0 Å². The Labute approximate surface area is 119 Å². The highest BCUT2D eigenvalue weighted by molar-refractivity contribution is 5.68. The number of rotatable bonds is 4. The van der Waals surface area contributed by atoms with Gasteiger partial charge in [-0.15, -0.1) is 0 Å². The zero-order chi connectivity index (χ0) is 14.7. The number of anilines is 1. The van der Waals surface area contributed by atoms with Crippen molar-refractivity contribution in [2.75, 3.05) is 11.9 Å². The first-order chi connectivity index (χ1) is 9.51. The molecule has 0 bridgehead atoms. The number of benzene rings is 1. The molecule has 0 aliphatic carbocycles. The Morgan fingerprint density at radius 3 is 2.50 bits per heavy atom. The fraction of sp³-hybridized carbons (Fsp3) is 0.375. The fourth-order valence-corrected chi connectivity index (χ4v) is 2.20. The van der Waals surface area contributed by atoms with Crippen molar-refractivity contribution in [2.45, 2.75) is 34.1 Å². The van der Waals surface area contributed by atoms with Crippen LogP contribution in [0.15, 0.2) is 18.2 Å². The van der Waals surface area contributed by atoms with Crippen LogP contribution in [0.2, 0.25) is 0 Å². The third kappa shape index (κ3) is 3.13. The summed E-state index contributed by atoms with van der Waals surface area (Å²) in [6.07, 6.45) is 1.02. The lowest BCUT2D eigenvalue weighted by Crippen LogP contribution is -2.07. The highest BCUT2D eigenvalue weighted by Crippen LogP contribution is 2.27. The summed E-state index contributed by atoms with van der Waals surface area (Å²) < 4.78 is 13.6. The summed E-state index contributed by atoms with van der Waals surface area (Å²) in [7, 11) is 0. The van der Waals surface area contributed by atoms with Crippen LogP contribution in [0.25, 0.3) is 11.3 Å². The van der Waals surface area contributed by atoms with Gasteiger partial charge in [-0.25, -0.2) is 14.4 Å². The fourth-order valence-electron chi connectivity index (χ4n) is 2.20. The van der Waals surface area contributed by atoms with Gasteiger partial charge in [0.1, 0.15) is 17.5 Å². The predicted molar refractivity (Wildman–Crippen MR) is 80.4 cm³/mol. The first kappa shape index (κ1) is 14.4. The van der Waals surface area contributed by atoms with Crippen LogP contribution in [0.5, 0.6) is 0 Å². The average Bonchev–Trinajstić information content (AvgIpc) is 2.38. The molecule has 3 nitrogen and oxygen atoms in total. The maximum absolute atomic E-state index is 13.6. The van der Waals surface area contributed by atoms with Crippen molar-refractivity contribution < 1.29 is 4.39 Å². The summed E-state index contributed by atoms with van der Waals surface area (Å²) in [6, 6.07) is 4.98. The molecule has 1 heterocycles. The van der Waals surface area contributed by atoms with E-state index >= 15 is 0 Å². The highest BCUT2D eigenvalue weighted by atomic mass is 19.1. The number of halogens is 1. The van der Waals surface area contributed by atoms with Gasteiger partial charge in [0.05, 0.1) is 5.69 Å². The summed E-state index contributed by atoms with van der Waals surface area (Å²) in [5.41, 5.74) is 3.43. The molecule has 2 rings (SSSR count). The summed E-state index contributed by atoms with van der Waals surface area (Å²) in [5.74, 6) is 1.28. The number of aryl methyl sites for hydroxylation is 2. The van der Waals surface area contributed by atoms with Crippen molar-refractivity contribution in [3.63, 3.8) is 0 Å². The van der Waals surface area contributed by atoms with Gasteiger partial charge in [0.15, 0.2) is 0 Å². The summed E-state index contributed by atoms with van der Waals surface area (Å²) in [6.45, 7) is 8.66. The van der Waals surface area contributed by atoms with Crippen LogP contribution in [0, 0.1) is 26.6 Å². The molecule has 0 spiro atoms. The second-order valence-electron chi connectivity index (χ2n) is 5.04. The first-order valence-electron chi connectivity index (χ1n) is 6.88. The number of hydrogen-bond acceptors (Lipinski definition) is 3. The van der Waals surface area contributed by atoms with Gasteiger partial charge in [-0.2, -0.15) is 0 Å². The molecule has 0 atom stereocenters. The van der Waals surface area contributed by atoms with Crippen molar-refractivity contribution in [1.29, 1.82) is 0 Å². The molecular formula is C16H20FN3. The predicted octanol–water partition coefficient (Wildman–Crippen LogP) is 4.03. The molecule has 0 radical (unpaired) electrons. The molecule has 0 fully saturated rings. The van der Waals surface area contributed by atoms with Crippen LogP contribution < -0.4 is 5.32 Å². The van der Waals surface area contributed by atoms with E-state index in [0.717, 1.165) is 41.2 Å². The highest BCUT2D eigenvalue weighted by Gasteiger charge is 2.12. The summed E-state index contributed by atoms with van der Waals surface area (Å²) in [4.78, 5) is 8.90. The molecule has 106 valence electrons. The second-order valence-corrected chi connectivity index (χ2v) is 5.04. The van der Waals surface area contributed by atoms with Crippen LogP contribution in [-0.4, -0.2) is 16.5 Å². The van der Waals surface area contributed by atoms with Crippen molar-refractivity contribution in [2.24, 2.45) is 0 Å². The van der Waals surface area contributed by atoms with Crippen LogP contribution >= 0.6 is 0 Å². The average molecular weight is 273 g/mol. The number of hydrogen-bond donors (Lipinski definition) is 1. The van der Waals surface area contributed by atoms with Crippen LogP contribution in [-0.2, 0) is 0 Å². The van der Waals surface area contributed by atoms with Crippen molar-refractivity contribution >= 4 is 5.82 Å². The van der Waals surface area contributed by atoms with Crippen molar-refractivity contribution in [3.8, 4) is 11.3 Å². The first-order valence-corrected chi connectivity index (χ1v) is 6.88.